The van der Waals surface area contributed by atoms with Crippen molar-refractivity contribution in [3.8, 4) is 5.75 Å². The molecule has 0 spiro atoms. The Labute approximate surface area is 80.0 Å². The van der Waals surface area contributed by atoms with Crippen LogP contribution in [0.15, 0.2) is 18.2 Å². The van der Waals surface area contributed by atoms with Gasteiger partial charge < -0.3 is 4.74 Å². The van der Waals surface area contributed by atoms with Crippen LogP contribution in [0, 0.1) is 0 Å². The number of benzene rings is 1. The minimum atomic E-state index is -0.528. The first kappa shape index (κ1) is 9.36. The summed E-state index contributed by atoms with van der Waals surface area (Å²) in [6.07, 6.45) is 0. The number of hydrogen-bond donors (Lipinski definition) is 0. The van der Waals surface area contributed by atoms with Crippen LogP contribution in [0.1, 0.15) is 10.4 Å². The maximum absolute atomic E-state index is 10.7. The summed E-state index contributed by atoms with van der Waals surface area (Å²) in [6.45, 7) is 0. The molecule has 0 fully saturated rings. The Morgan fingerprint density at radius 1 is 1.50 bits per heavy atom. The molecule has 2 nitrogen and oxygen atoms in total. The van der Waals surface area contributed by atoms with Gasteiger partial charge in [-0.05, 0) is 29.8 Å². The predicted molar refractivity (Wildman–Crippen MR) is 48.2 cm³/mol. The molecule has 4 heteroatoms. The standard InChI is InChI=1S/C8H6Cl2O2/c1-12-7-3-2-5(8(10)11)4-6(7)9/h2-4H,1H3. The van der Waals surface area contributed by atoms with E-state index in [0.29, 0.717) is 16.3 Å². The van der Waals surface area contributed by atoms with Gasteiger partial charge in [0, 0.05) is 5.56 Å². The Morgan fingerprint density at radius 2 is 2.17 bits per heavy atom. The molecule has 0 bridgehead atoms. The third-order valence-corrected chi connectivity index (χ3v) is 1.89. The van der Waals surface area contributed by atoms with Crippen molar-refractivity contribution in [2.24, 2.45) is 0 Å². The van der Waals surface area contributed by atoms with Crippen molar-refractivity contribution < 1.29 is 9.53 Å². The Kier molecular flexibility index (Phi) is 2.95. The molecule has 1 rings (SSSR count). The lowest BCUT2D eigenvalue weighted by Gasteiger charge is -2.02. The molecule has 0 heterocycles. The minimum Gasteiger partial charge on any atom is -0.495 e. The van der Waals surface area contributed by atoms with E-state index in [2.05, 4.69) is 0 Å². The van der Waals surface area contributed by atoms with Crippen LogP contribution in [0.25, 0.3) is 0 Å². The highest BCUT2D eigenvalue weighted by Gasteiger charge is 2.05. The van der Waals surface area contributed by atoms with E-state index >= 15 is 0 Å². The van der Waals surface area contributed by atoms with Crippen LogP contribution < -0.4 is 4.74 Å². The van der Waals surface area contributed by atoms with Gasteiger partial charge in [0.25, 0.3) is 5.24 Å². The number of halogens is 2. The van der Waals surface area contributed by atoms with Crippen LogP contribution in [-0.2, 0) is 0 Å². The zero-order valence-electron chi connectivity index (χ0n) is 6.30. The van der Waals surface area contributed by atoms with Crippen molar-refractivity contribution in [1.82, 2.24) is 0 Å². The summed E-state index contributed by atoms with van der Waals surface area (Å²) in [7, 11) is 1.50. The molecule has 1 aromatic rings. The van der Waals surface area contributed by atoms with Crippen molar-refractivity contribution in [1.29, 1.82) is 0 Å². The van der Waals surface area contributed by atoms with Crippen molar-refractivity contribution in [2.75, 3.05) is 7.11 Å². The summed E-state index contributed by atoms with van der Waals surface area (Å²) in [4.78, 5) is 10.7. The monoisotopic (exact) mass is 204 g/mol. The Hall–Kier alpha value is -0.730. The SMILES string of the molecule is COc1ccc(C(=O)Cl)cc1Cl. The highest BCUT2D eigenvalue weighted by atomic mass is 35.5. The summed E-state index contributed by atoms with van der Waals surface area (Å²) in [5.41, 5.74) is 0.363. The molecule has 0 aliphatic heterocycles. The van der Waals surface area contributed by atoms with E-state index in [-0.39, 0.29) is 0 Å². The van der Waals surface area contributed by atoms with Gasteiger partial charge in [-0.3, -0.25) is 4.79 Å². The average molecular weight is 205 g/mol. The molecule has 0 aliphatic rings. The van der Waals surface area contributed by atoms with E-state index in [0.717, 1.165) is 0 Å². The zero-order valence-corrected chi connectivity index (χ0v) is 7.82. The maximum atomic E-state index is 10.7. The van der Waals surface area contributed by atoms with Crippen LogP contribution in [0.3, 0.4) is 0 Å². The first-order valence-corrected chi connectivity index (χ1v) is 3.94. The van der Waals surface area contributed by atoms with Crippen LogP contribution in [-0.4, -0.2) is 12.4 Å². The lowest BCUT2D eigenvalue weighted by molar-refractivity contribution is 0.108. The van der Waals surface area contributed by atoms with Gasteiger partial charge in [0.05, 0.1) is 12.1 Å². The van der Waals surface area contributed by atoms with Gasteiger partial charge >= 0.3 is 0 Å². The minimum absolute atomic E-state index is 0.363. The number of carbonyl (C=O) groups excluding carboxylic acids is 1. The molecule has 0 aromatic heterocycles. The Balaban J connectivity index is 3.10. The molecule has 12 heavy (non-hydrogen) atoms. The van der Waals surface area contributed by atoms with E-state index < -0.39 is 5.24 Å². The number of hydrogen-bond acceptors (Lipinski definition) is 2. The summed E-state index contributed by atoms with van der Waals surface area (Å²) in [5.74, 6) is 0.526. The Bertz CT molecular complexity index is 310. The smallest absolute Gasteiger partial charge is 0.252 e. The Morgan fingerprint density at radius 3 is 2.58 bits per heavy atom. The number of methoxy groups -OCH3 is 1. The van der Waals surface area contributed by atoms with Crippen molar-refractivity contribution in [3.63, 3.8) is 0 Å². The summed E-state index contributed by atoms with van der Waals surface area (Å²) < 4.78 is 4.89. The largest absolute Gasteiger partial charge is 0.495 e. The van der Waals surface area contributed by atoms with Crippen LogP contribution in [0.4, 0.5) is 0 Å². The van der Waals surface area contributed by atoms with E-state index in [1.54, 1.807) is 12.1 Å². The maximum Gasteiger partial charge on any atom is 0.252 e. The molecule has 0 saturated carbocycles. The first-order valence-electron chi connectivity index (χ1n) is 3.18. The third-order valence-electron chi connectivity index (χ3n) is 1.38. The molecule has 1 aromatic carbocycles. The van der Waals surface area contributed by atoms with Gasteiger partial charge in [0.15, 0.2) is 0 Å². The van der Waals surface area contributed by atoms with Gasteiger partial charge in [0.1, 0.15) is 5.75 Å². The van der Waals surface area contributed by atoms with Gasteiger partial charge in [-0.25, -0.2) is 0 Å². The zero-order chi connectivity index (χ0) is 9.14. The van der Waals surface area contributed by atoms with Crippen molar-refractivity contribution >= 4 is 28.4 Å². The number of rotatable bonds is 2. The molecule has 0 atom stereocenters. The molecule has 64 valence electrons. The predicted octanol–water partition coefficient (Wildman–Crippen LogP) is 2.73. The summed E-state index contributed by atoms with van der Waals surface area (Å²) in [5, 5.41) is -0.149. The number of carbonyl (C=O) groups is 1. The van der Waals surface area contributed by atoms with Crippen LogP contribution >= 0.6 is 23.2 Å². The molecule has 0 amide bonds. The second-order valence-corrected chi connectivity index (χ2v) is 2.87. The van der Waals surface area contributed by atoms with E-state index in [1.807, 2.05) is 0 Å². The van der Waals surface area contributed by atoms with E-state index in [9.17, 15) is 4.79 Å². The topological polar surface area (TPSA) is 26.3 Å². The van der Waals surface area contributed by atoms with Crippen molar-refractivity contribution in [2.45, 2.75) is 0 Å². The van der Waals surface area contributed by atoms with Gasteiger partial charge in [-0.2, -0.15) is 0 Å². The normalized spacial score (nSPS) is 9.58. The summed E-state index contributed by atoms with van der Waals surface area (Å²) in [6, 6.07) is 4.62. The first-order chi connectivity index (χ1) is 5.65. The lowest BCUT2D eigenvalue weighted by Crippen LogP contribution is -1.90. The fourth-order valence-electron chi connectivity index (χ4n) is 0.789. The highest BCUT2D eigenvalue weighted by molar-refractivity contribution is 6.67. The van der Waals surface area contributed by atoms with Crippen molar-refractivity contribution in [3.05, 3.63) is 28.8 Å². The summed E-state index contributed by atoms with van der Waals surface area (Å²) >= 11 is 11.0. The molecular weight excluding hydrogens is 199 g/mol. The fraction of sp³-hybridized carbons (Fsp3) is 0.125. The second-order valence-electron chi connectivity index (χ2n) is 2.12. The third kappa shape index (κ3) is 1.90. The van der Waals surface area contributed by atoms with Gasteiger partial charge in [-0.1, -0.05) is 11.6 Å². The molecule has 0 unspecified atom stereocenters. The average Bonchev–Trinajstić information content (AvgIpc) is 2.04. The van der Waals surface area contributed by atoms with E-state index in [1.165, 1.54) is 13.2 Å². The molecule has 0 aliphatic carbocycles. The number of ether oxygens (including phenoxy) is 1. The quantitative estimate of drug-likeness (QED) is 0.693. The molecule has 0 saturated heterocycles. The lowest BCUT2D eigenvalue weighted by atomic mass is 10.2. The van der Waals surface area contributed by atoms with E-state index in [4.69, 9.17) is 27.9 Å². The fourth-order valence-corrected chi connectivity index (χ4v) is 1.16. The molecule has 0 radical (unpaired) electrons. The van der Waals surface area contributed by atoms with Gasteiger partial charge in [0.2, 0.25) is 0 Å². The second kappa shape index (κ2) is 3.78. The molecular formula is C8H6Cl2O2. The van der Waals surface area contributed by atoms with Gasteiger partial charge in [-0.15, -0.1) is 0 Å². The van der Waals surface area contributed by atoms with Crippen LogP contribution in [0.5, 0.6) is 5.75 Å². The highest BCUT2D eigenvalue weighted by Crippen LogP contribution is 2.25. The molecule has 0 N–H and O–H groups in total. The van der Waals surface area contributed by atoms with Crippen LogP contribution in [0.2, 0.25) is 5.02 Å².